The average molecular weight is 994 g/mol. The zero-order valence-corrected chi connectivity index (χ0v) is 46.1. The Morgan fingerprint density at radius 2 is 0.611 bits per heavy atom. The predicted molar refractivity (Wildman–Crippen MR) is 311 cm³/mol. The summed E-state index contributed by atoms with van der Waals surface area (Å²) in [5.41, 5.74) is 0. The summed E-state index contributed by atoms with van der Waals surface area (Å²) in [4.78, 5) is 38.2. The first-order valence-corrected chi connectivity index (χ1v) is 29.0. The quantitative estimate of drug-likeness (QED) is 0.0199. The molecule has 6 heteroatoms. The Bertz CT molecular complexity index is 1610. The van der Waals surface area contributed by atoms with Gasteiger partial charge in [0.15, 0.2) is 6.10 Å². The molecule has 0 aliphatic carbocycles. The van der Waals surface area contributed by atoms with Crippen molar-refractivity contribution in [3.05, 3.63) is 146 Å². The number of hydrogen-bond donors (Lipinski definition) is 0. The minimum absolute atomic E-state index is 0.107. The van der Waals surface area contributed by atoms with Gasteiger partial charge >= 0.3 is 17.9 Å². The lowest BCUT2D eigenvalue weighted by atomic mass is 10.1. The molecule has 1 atom stereocenters. The second-order valence-corrected chi connectivity index (χ2v) is 18.6. The molecule has 1 unspecified atom stereocenters. The van der Waals surface area contributed by atoms with Crippen LogP contribution in [0.4, 0.5) is 0 Å². The molecule has 0 N–H and O–H groups in total. The summed E-state index contributed by atoms with van der Waals surface area (Å²) in [6.45, 7) is 6.30. The molecule has 0 heterocycles. The zero-order chi connectivity index (χ0) is 52.2. The number of carbonyl (C=O) groups excluding carboxylic acids is 3. The van der Waals surface area contributed by atoms with Crippen LogP contribution in [0, 0.1) is 0 Å². The van der Waals surface area contributed by atoms with Crippen LogP contribution in [0.5, 0.6) is 0 Å². The molecule has 0 bridgehead atoms. The average Bonchev–Trinajstić information content (AvgIpc) is 3.38. The Morgan fingerprint density at radius 1 is 0.306 bits per heavy atom. The van der Waals surface area contributed by atoms with Crippen molar-refractivity contribution in [2.45, 2.75) is 239 Å². The maximum Gasteiger partial charge on any atom is 0.306 e. The van der Waals surface area contributed by atoms with Gasteiger partial charge in [-0.15, -0.1) is 0 Å². The zero-order valence-electron chi connectivity index (χ0n) is 46.1. The first-order chi connectivity index (χ1) is 35.5. The van der Waals surface area contributed by atoms with E-state index in [1.807, 2.05) is 72.9 Å². The molecular formula is C66H104O6. The predicted octanol–water partition coefficient (Wildman–Crippen LogP) is 19.6. The van der Waals surface area contributed by atoms with Crippen LogP contribution in [-0.2, 0) is 28.6 Å². The molecule has 0 fully saturated rings. The SMILES string of the molecule is CC\C=C/C=C\C=C/C=C\C=C\C=C/C=C\CCCCCC(=O)OCC(COC(=O)CCCCCCCC/C=C\C/C=C\C/C=C\CC)OC(=O)CCCCCCCCCCCC/C=C\C=C/CCCCC. The van der Waals surface area contributed by atoms with Crippen molar-refractivity contribution in [3.63, 3.8) is 0 Å². The Morgan fingerprint density at radius 3 is 1.04 bits per heavy atom. The minimum atomic E-state index is -0.812. The molecule has 0 rings (SSSR count). The maximum atomic E-state index is 12.9. The van der Waals surface area contributed by atoms with Crippen molar-refractivity contribution >= 4 is 17.9 Å². The number of ether oxygens (including phenoxy) is 3. The molecular weight excluding hydrogens is 889 g/mol. The van der Waals surface area contributed by atoms with Crippen LogP contribution < -0.4 is 0 Å². The summed E-state index contributed by atoms with van der Waals surface area (Å²) < 4.78 is 16.8. The van der Waals surface area contributed by atoms with E-state index in [2.05, 4.69) is 93.7 Å². The van der Waals surface area contributed by atoms with Crippen LogP contribution in [0.2, 0.25) is 0 Å². The van der Waals surface area contributed by atoms with Gasteiger partial charge in [0.1, 0.15) is 13.2 Å². The second-order valence-electron chi connectivity index (χ2n) is 18.6. The van der Waals surface area contributed by atoms with Gasteiger partial charge in [-0.25, -0.2) is 0 Å². The van der Waals surface area contributed by atoms with Gasteiger partial charge in [0.05, 0.1) is 0 Å². The van der Waals surface area contributed by atoms with E-state index >= 15 is 0 Å². The lowest BCUT2D eigenvalue weighted by Crippen LogP contribution is -2.30. The van der Waals surface area contributed by atoms with Crippen molar-refractivity contribution in [2.24, 2.45) is 0 Å². The van der Waals surface area contributed by atoms with Crippen molar-refractivity contribution in [1.29, 1.82) is 0 Å². The van der Waals surface area contributed by atoms with E-state index in [4.69, 9.17) is 14.2 Å². The van der Waals surface area contributed by atoms with Crippen LogP contribution in [0.3, 0.4) is 0 Å². The summed E-state index contributed by atoms with van der Waals surface area (Å²) in [6, 6.07) is 0. The van der Waals surface area contributed by atoms with E-state index in [0.29, 0.717) is 19.3 Å². The van der Waals surface area contributed by atoms with Crippen LogP contribution >= 0.6 is 0 Å². The van der Waals surface area contributed by atoms with E-state index < -0.39 is 6.10 Å². The van der Waals surface area contributed by atoms with E-state index in [0.717, 1.165) is 103 Å². The van der Waals surface area contributed by atoms with Gasteiger partial charge in [-0.05, 0) is 96.3 Å². The third-order valence-electron chi connectivity index (χ3n) is 11.8. The Hall–Kier alpha value is -4.71. The highest BCUT2D eigenvalue weighted by Crippen LogP contribution is 2.15. The summed E-state index contributed by atoms with van der Waals surface area (Å²) in [7, 11) is 0. The molecule has 0 aromatic rings. The lowest BCUT2D eigenvalue weighted by Gasteiger charge is -2.18. The normalized spacial score (nSPS) is 13.2. The second kappa shape index (κ2) is 58.9. The number of esters is 3. The molecule has 0 saturated heterocycles. The van der Waals surface area contributed by atoms with Crippen molar-refractivity contribution in [2.75, 3.05) is 13.2 Å². The van der Waals surface area contributed by atoms with Crippen LogP contribution in [0.15, 0.2) is 146 Å². The summed E-state index contributed by atoms with van der Waals surface area (Å²) in [5.74, 6) is -0.973. The smallest absolute Gasteiger partial charge is 0.306 e. The molecule has 6 nitrogen and oxygen atoms in total. The highest BCUT2D eigenvalue weighted by Gasteiger charge is 2.19. The largest absolute Gasteiger partial charge is 0.462 e. The molecule has 0 aromatic heterocycles. The summed E-state index contributed by atoms with van der Waals surface area (Å²) in [5, 5.41) is 0. The molecule has 0 amide bonds. The molecule has 0 spiro atoms. The highest BCUT2D eigenvalue weighted by molar-refractivity contribution is 5.71. The van der Waals surface area contributed by atoms with Gasteiger partial charge < -0.3 is 14.2 Å². The number of rotatable bonds is 50. The molecule has 404 valence electrons. The third-order valence-corrected chi connectivity index (χ3v) is 11.8. The summed E-state index contributed by atoms with van der Waals surface area (Å²) in [6.07, 6.45) is 84.0. The van der Waals surface area contributed by atoms with Gasteiger partial charge in [0.2, 0.25) is 0 Å². The maximum absolute atomic E-state index is 12.9. The van der Waals surface area contributed by atoms with E-state index in [1.165, 1.54) is 89.9 Å². The van der Waals surface area contributed by atoms with Gasteiger partial charge in [-0.1, -0.05) is 263 Å². The lowest BCUT2D eigenvalue weighted by molar-refractivity contribution is -0.167. The first-order valence-electron chi connectivity index (χ1n) is 29.0. The molecule has 0 aliphatic heterocycles. The third kappa shape index (κ3) is 56.2. The number of hydrogen-bond acceptors (Lipinski definition) is 6. The van der Waals surface area contributed by atoms with Crippen LogP contribution in [-0.4, -0.2) is 37.2 Å². The molecule has 0 radical (unpaired) electrons. The number of carbonyl (C=O) groups is 3. The number of unbranched alkanes of at least 4 members (excludes halogenated alkanes) is 22. The summed E-state index contributed by atoms with van der Waals surface area (Å²) >= 11 is 0. The topological polar surface area (TPSA) is 78.9 Å². The Kier molecular flexibility index (Phi) is 55.0. The van der Waals surface area contributed by atoms with E-state index in [-0.39, 0.29) is 31.1 Å². The monoisotopic (exact) mass is 993 g/mol. The van der Waals surface area contributed by atoms with Crippen LogP contribution in [0.25, 0.3) is 0 Å². The molecule has 72 heavy (non-hydrogen) atoms. The van der Waals surface area contributed by atoms with Crippen molar-refractivity contribution < 1.29 is 28.6 Å². The number of allylic oxidation sites excluding steroid dienone is 24. The molecule has 0 aromatic carbocycles. The van der Waals surface area contributed by atoms with Crippen molar-refractivity contribution in [1.82, 2.24) is 0 Å². The first kappa shape index (κ1) is 67.3. The van der Waals surface area contributed by atoms with Gasteiger partial charge in [0.25, 0.3) is 0 Å². The van der Waals surface area contributed by atoms with Gasteiger partial charge in [-0.2, -0.15) is 0 Å². The molecule has 0 saturated carbocycles. The van der Waals surface area contributed by atoms with Crippen molar-refractivity contribution in [3.8, 4) is 0 Å². The highest BCUT2D eigenvalue weighted by atomic mass is 16.6. The fourth-order valence-corrected chi connectivity index (χ4v) is 7.49. The fraction of sp³-hybridized carbons (Fsp3) is 0.591. The van der Waals surface area contributed by atoms with Gasteiger partial charge in [-0.3, -0.25) is 14.4 Å². The Labute approximate surface area is 442 Å². The van der Waals surface area contributed by atoms with E-state index in [9.17, 15) is 14.4 Å². The van der Waals surface area contributed by atoms with E-state index in [1.54, 1.807) is 0 Å². The fourth-order valence-electron chi connectivity index (χ4n) is 7.49. The standard InChI is InChI=1S/C66H104O6/c1-4-7-10-13-16-19-22-25-28-31-33-35-38-41-44-47-50-53-56-59-65(68)71-62-63(61-70-64(67)58-55-52-49-46-43-40-37-30-27-24-21-18-15-12-9-6-3)72-66(69)60-57-54-51-48-45-42-39-36-34-32-29-26-23-20-17-14-11-8-5-2/h7,9-10,12-13,16-23,25-28,30-31,33,35,38,41,44,63H,4-6,8,11,14-15,24,29,32,34,36-37,39-40,42-43,45-62H2,1-3H3/b10-7-,12-9-,16-13-,20-17-,21-18-,22-19-,26-23-,28-25-,30-27-,33-31+,38-35-,44-41-. The van der Waals surface area contributed by atoms with Gasteiger partial charge in [0, 0.05) is 19.3 Å². The van der Waals surface area contributed by atoms with Crippen LogP contribution in [0.1, 0.15) is 233 Å². The Balaban J connectivity index is 4.54. The minimum Gasteiger partial charge on any atom is -0.462 e. The molecule has 0 aliphatic rings.